The van der Waals surface area contributed by atoms with Crippen molar-refractivity contribution in [1.82, 2.24) is 10.3 Å². The van der Waals surface area contributed by atoms with Crippen molar-refractivity contribution in [2.45, 2.75) is 57.3 Å². The molecule has 0 radical (unpaired) electrons. The molecule has 2 aliphatic carbocycles. The number of aromatic nitrogens is 1. The Morgan fingerprint density at radius 3 is 3.04 bits per heavy atom. The number of epoxide rings is 1. The highest BCUT2D eigenvalue weighted by Crippen LogP contribution is 2.62. The topological polar surface area (TPSA) is 63.8 Å². The smallest absolute Gasteiger partial charge is 0.310 e. The molecular weight excluding hydrogens is 328 g/mol. The Bertz CT molecular complexity index is 690. The lowest BCUT2D eigenvalue weighted by Crippen LogP contribution is -2.51. The molecule has 0 unspecified atom stereocenters. The molecule has 26 heavy (non-hydrogen) atoms. The SMILES string of the molecule is C[C@]12CCC[C@]3(CO3)[C@H]1C[C@@H]1[C@@H](C2)OC(=O)[C@@H]1CNCc1cccnc1. The lowest BCUT2D eigenvalue weighted by molar-refractivity contribution is -0.147. The quantitative estimate of drug-likeness (QED) is 0.664. The van der Waals surface area contributed by atoms with Gasteiger partial charge >= 0.3 is 5.97 Å². The maximum absolute atomic E-state index is 12.6. The third-order valence-electron chi connectivity index (χ3n) is 7.50. The van der Waals surface area contributed by atoms with Crippen molar-refractivity contribution in [3.05, 3.63) is 30.1 Å². The summed E-state index contributed by atoms with van der Waals surface area (Å²) in [5.41, 5.74) is 1.54. The summed E-state index contributed by atoms with van der Waals surface area (Å²) < 4.78 is 11.8. The van der Waals surface area contributed by atoms with E-state index in [-0.39, 0.29) is 29.0 Å². The Morgan fingerprint density at radius 2 is 2.27 bits per heavy atom. The molecule has 1 spiro atoms. The Hall–Kier alpha value is -1.46. The number of ether oxygens (including phenoxy) is 2. The molecule has 2 saturated heterocycles. The van der Waals surface area contributed by atoms with Gasteiger partial charge in [-0.05, 0) is 55.1 Å². The van der Waals surface area contributed by atoms with Crippen LogP contribution in [0.2, 0.25) is 0 Å². The third-order valence-corrected chi connectivity index (χ3v) is 7.50. The van der Waals surface area contributed by atoms with Gasteiger partial charge < -0.3 is 14.8 Å². The molecule has 4 aliphatic rings. The monoisotopic (exact) mass is 356 g/mol. The predicted octanol–water partition coefficient (Wildman–Crippen LogP) is 2.70. The van der Waals surface area contributed by atoms with E-state index >= 15 is 0 Å². The van der Waals surface area contributed by atoms with Crippen LogP contribution in [0.5, 0.6) is 0 Å². The van der Waals surface area contributed by atoms with Crippen LogP contribution in [0.1, 0.15) is 44.6 Å². The van der Waals surface area contributed by atoms with Crippen molar-refractivity contribution in [2.24, 2.45) is 23.2 Å². The first-order valence-corrected chi connectivity index (χ1v) is 10.0. The minimum absolute atomic E-state index is 0.00769. The summed E-state index contributed by atoms with van der Waals surface area (Å²) in [5.74, 6) is 0.882. The van der Waals surface area contributed by atoms with Gasteiger partial charge in [0.15, 0.2) is 0 Å². The number of carbonyl (C=O) groups is 1. The summed E-state index contributed by atoms with van der Waals surface area (Å²) in [6.45, 7) is 4.75. The van der Waals surface area contributed by atoms with Crippen LogP contribution >= 0.6 is 0 Å². The molecule has 6 atom stereocenters. The van der Waals surface area contributed by atoms with Gasteiger partial charge in [0.25, 0.3) is 0 Å². The van der Waals surface area contributed by atoms with Gasteiger partial charge in [-0.15, -0.1) is 0 Å². The zero-order valence-electron chi connectivity index (χ0n) is 15.4. The fourth-order valence-corrected chi connectivity index (χ4v) is 6.06. The van der Waals surface area contributed by atoms with E-state index in [1.165, 1.54) is 19.3 Å². The van der Waals surface area contributed by atoms with E-state index in [1.807, 2.05) is 12.3 Å². The number of carbonyl (C=O) groups excluding carboxylic acids is 1. The normalized spacial score (nSPS) is 43.7. The molecule has 1 N–H and O–H groups in total. The van der Waals surface area contributed by atoms with Gasteiger partial charge in [-0.2, -0.15) is 0 Å². The van der Waals surface area contributed by atoms with E-state index in [4.69, 9.17) is 9.47 Å². The second kappa shape index (κ2) is 6.03. The van der Waals surface area contributed by atoms with Gasteiger partial charge in [-0.1, -0.05) is 13.0 Å². The van der Waals surface area contributed by atoms with Crippen molar-refractivity contribution in [2.75, 3.05) is 13.2 Å². The molecule has 3 heterocycles. The standard InChI is InChI=1S/C21H28N2O3/c1-20-5-3-6-21(13-25-21)18(20)8-15-16(19(24)26-17(15)9-20)12-23-11-14-4-2-7-22-10-14/h2,4,7,10,15-18,23H,3,5-6,8-9,11-13H2,1H3/t15-,16+,17+,18-,20+,21-/m0/s1. The molecule has 5 heteroatoms. The molecule has 1 aromatic heterocycles. The average molecular weight is 356 g/mol. The summed E-state index contributed by atoms with van der Waals surface area (Å²) in [4.78, 5) is 16.7. The van der Waals surface area contributed by atoms with E-state index in [1.54, 1.807) is 6.20 Å². The van der Waals surface area contributed by atoms with Gasteiger partial charge in [0, 0.05) is 31.4 Å². The molecule has 0 bridgehead atoms. The van der Waals surface area contributed by atoms with Crippen LogP contribution in [0.15, 0.2) is 24.5 Å². The molecule has 2 aliphatic heterocycles. The lowest BCUT2D eigenvalue weighted by Gasteiger charge is -2.51. The van der Waals surface area contributed by atoms with E-state index in [2.05, 4.69) is 23.3 Å². The highest BCUT2D eigenvalue weighted by molar-refractivity contribution is 5.75. The van der Waals surface area contributed by atoms with Crippen LogP contribution in [0.25, 0.3) is 0 Å². The van der Waals surface area contributed by atoms with Gasteiger partial charge in [0.1, 0.15) is 6.10 Å². The van der Waals surface area contributed by atoms with Crippen LogP contribution in [0.4, 0.5) is 0 Å². The highest BCUT2D eigenvalue weighted by atomic mass is 16.6. The molecule has 0 aromatic carbocycles. The fourth-order valence-electron chi connectivity index (χ4n) is 6.06. The summed E-state index contributed by atoms with van der Waals surface area (Å²) >= 11 is 0. The number of hydrogen-bond donors (Lipinski definition) is 1. The van der Waals surface area contributed by atoms with E-state index in [9.17, 15) is 4.79 Å². The molecule has 140 valence electrons. The number of fused-ring (bicyclic) bond motifs is 3. The van der Waals surface area contributed by atoms with Gasteiger partial charge in [0.05, 0.1) is 18.1 Å². The number of rotatable bonds is 4. The molecule has 1 aromatic rings. The molecule has 5 rings (SSSR count). The molecule has 2 saturated carbocycles. The predicted molar refractivity (Wildman–Crippen MR) is 96.2 cm³/mol. The van der Waals surface area contributed by atoms with Crippen LogP contribution < -0.4 is 5.32 Å². The Morgan fingerprint density at radius 1 is 1.38 bits per heavy atom. The van der Waals surface area contributed by atoms with Crippen molar-refractivity contribution in [3.8, 4) is 0 Å². The average Bonchev–Trinajstić information content (AvgIpc) is 3.33. The minimum atomic E-state index is -0.0288. The second-order valence-corrected chi connectivity index (χ2v) is 9.09. The summed E-state index contributed by atoms with van der Waals surface area (Å²) in [7, 11) is 0. The zero-order valence-corrected chi connectivity index (χ0v) is 15.4. The van der Waals surface area contributed by atoms with Gasteiger partial charge in [-0.3, -0.25) is 9.78 Å². The van der Waals surface area contributed by atoms with E-state index in [0.29, 0.717) is 18.4 Å². The number of nitrogens with zero attached hydrogens (tertiary/aromatic N) is 1. The second-order valence-electron chi connectivity index (χ2n) is 9.09. The van der Waals surface area contributed by atoms with E-state index in [0.717, 1.165) is 31.6 Å². The summed E-state index contributed by atoms with van der Waals surface area (Å²) in [6.07, 6.45) is 9.52. The third kappa shape index (κ3) is 2.67. The molecule has 0 amide bonds. The molecule has 4 fully saturated rings. The first-order chi connectivity index (χ1) is 12.6. The van der Waals surface area contributed by atoms with Crippen LogP contribution in [0.3, 0.4) is 0 Å². The number of hydrogen-bond acceptors (Lipinski definition) is 5. The van der Waals surface area contributed by atoms with Crippen molar-refractivity contribution >= 4 is 5.97 Å². The van der Waals surface area contributed by atoms with E-state index < -0.39 is 0 Å². The number of nitrogens with one attached hydrogen (secondary N) is 1. The minimum Gasteiger partial charge on any atom is -0.462 e. The first kappa shape index (κ1) is 16.7. The summed E-state index contributed by atoms with van der Waals surface area (Å²) in [6, 6.07) is 4.00. The van der Waals surface area contributed by atoms with Crippen molar-refractivity contribution < 1.29 is 14.3 Å². The van der Waals surface area contributed by atoms with Crippen molar-refractivity contribution in [3.63, 3.8) is 0 Å². The Kier molecular flexibility index (Phi) is 3.87. The Labute approximate surface area is 154 Å². The largest absolute Gasteiger partial charge is 0.462 e. The lowest BCUT2D eigenvalue weighted by atomic mass is 9.53. The highest BCUT2D eigenvalue weighted by Gasteiger charge is 2.64. The number of esters is 1. The van der Waals surface area contributed by atoms with Gasteiger partial charge in [0.2, 0.25) is 0 Å². The van der Waals surface area contributed by atoms with Crippen LogP contribution in [-0.4, -0.2) is 35.8 Å². The number of pyridine rings is 1. The van der Waals surface area contributed by atoms with Crippen LogP contribution in [0, 0.1) is 23.2 Å². The van der Waals surface area contributed by atoms with Crippen molar-refractivity contribution in [1.29, 1.82) is 0 Å². The maximum atomic E-state index is 12.6. The van der Waals surface area contributed by atoms with Crippen LogP contribution in [-0.2, 0) is 20.8 Å². The molecule has 5 nitrogen and oxygen atoms in total. The Balaban J connectivity index is 1.28. The zero-order chi connectivity index (χ0) is 17.8. The fraction of sp³-hybridized carbons (Fsp3) is 0.714. The van der Waals surface area contributed by atoms with Gasteiger partial charge in [-0.25, -0.2) is 0 Å². The summed E-state index contributed by atoms with van der Waals surface area (Å²) in [5, 5.41) is 3.45. The molecular formula is C21H28N2O3. The maximum Gasteiger partial charge on any atom is 0.310 e. The first-order valence-electron chi connectivity index (χ1n) is 10.0.